The van der Waals surface area contributed by atoms with E-state index in [1.807, 2.05) is 55.4 Å². The molecule has 1 aliphatic rings. The molecule has 1 fully saturated rings. The fourth-order valence-corrected chi connectivity index (χ4v) is 12.7. The van der Waals surface area contributed by atoms with Crippen LogP contribution in [0.3, 0.4) is 0 Å². The first-order chi connectivity index (χ1) is 47.4. The van der Waals surface area contributed by atoms with Crippen molar-refractivity contribution in [2.45, 2.75) is 254 Å². The summed E-state index contributed by atoms with van der Waals surface area (Å²) in [5.41, 5.74) is 0.00281. The topological polar surface area (TPSA) is 345 Å². The molecular formula is C75H126N12O15. The standard InChI is InChI=1S/C75H126N12O15/c1-25-54-70(96)81(18)51(17)69(95)83(20)56(39-43(4)5)66(92)80-59(46(10)11)73(99)82(19)55(37-32-42(2)3)65(91)77-49(15)63(89)78-50(16)68(94)84(21)57(40-44(6)7)71(97)85(22)58(41-45(8)9)72(98)86(23)60(47(12)13)74(100)87(24)61(67(93)79-54)62(88)48(14)31-29-27-26-28-30-38-76-64(90)52-33-35-53(36-34-52)75(101)102/h33-36,42-50,54-62,88H,17,25-32,37-41H2,1-16,18-24H3,(H,76,90)(H,77,91)(H,78,89)(H,79,93)(H,80,92)(H,101,102)/t48-,49-,50+,54+,55-,56+,57+,58+,59-,60+,61+,62-/m1/s1. The largest absolute Gasteiger partial charge is 0.478 e. The number of carboxylic acids is 1. The third kappa shape index (κ3) is 25.8. The van der Waals surface area contributed by atoms with Gasteiger partial charge in [-0.05, 0) is 131 Å². The molecule has 27 heteroatoms. The van der Waals surface area contributed by atoms with Crippen LogP contribution in [0.5, 0.6) is 0 Å². The van der Waals surface area contributed by atoms with Crippen LogP contribution < -0.4 is 26.6 Å². The highest BCUT2D eigenvalue weighted by Crippen LogP contribution is 2.27. The third-order valence-electron chi connectivity index (χ3n) is 19.3. The zero-order valence-electron chi connectivity index (χ0n) is 65.4. The van der Waals surface area contributed by atoms with Gasteiger partial charge in [0.1, 0.15) is 66.1 Å². The Morgan fingerprint density at radius 3 is 1.44 bits per heavy atom. The molecule has 1 aliphatic heterocycles. The molecule has 0 aromatic heterocycles. The number of hydrogen-bond acceptors (Lipinski definition) is 14. The van der Waals surface area contributed by atoms with Crippen molar-refractivity contribution in [3.63, 3.8) is 0 Å². The summed E-state index contributed by atoms with van der Waals surface area (Å²) in [5.74, 6) is -11.9. The van der Waals surface area contributed by atoms with Crippen molar-refractivity contribution >= 4 is 76.9 Å². The predicted molar refractivity (Wildman–Crippen MR) is 391 cm³/mol. The number of carbonyl (C=O) groups is 13. The average molecular weight is 1440 g/mol. The van der Waals surface area contributed by atoms with Crippen molar-refractivity contribution in [3.8, 4) is 0 Å². The molecule has 12 atom stereocenters. The Kier molecular flexibility index (Phi) is 37.1. The molecule has 7 N–H and O–H groups in total. The number of aliphatic hydroxyl groups is 1. The highest BCUT2D eigenvalue weighted by atomic mass is 16.4. The summed E-state index contributed by atoms with van der Waals surface area (Å²) >= 11 is 0. The molecule has 576 valence electrons. The second-order valence-electron chi connectivity index (χ2n) is 30.4. The molecule has 102 heavy (non-hydrogen) atoms. The molecule has 27 nitrogen and oxygen atoms in total. The number of benzene rings is 1. The van der Waals surface area contributed by atoms with Crippen molar-refractivity contribution in [1.29, 1.82) is 0 Å². The van der Waals surface area contributed by atoms with Crippen molar-refractivity contribution < 1.29 is 72.5 Å². The summed E-state index contributed by atoms with van der Waals surface area (Å²) < 4.78 is 0. The van der Waals surface area contributed by atoms with Crippen molar-refractivity contribution in [2.24, 2.45) is 41.4 Å². The molecule has 12 amide bonds. The number of aromatic carboxylic acids is 1. The lowest BCUT2D eigenvalue weighted by atomic mass is 9.90. The SMILES string of the molecule is C=C1C(=O)N(C)[C@@H](CC(C)C)C(=O)N[C@H](C(C)C)C(=O)N(C)[C@H](CCC(C)C)C(=O)N[C@H](C)C(=O)N[C@@H](C)C(=O)N(C)[C@@H](CC(C)C)C(=O)N(C)[C@@H](CC(C)C)C(=O)N(C)[C@@H](C(C)C)C(=O)N(C)[C@@H]([C@H](O)[C@H](C)CCCCCCCNC(=O)c2ccc(C(=O)O)cc2)C(=O)N[C@@H](CC)C(=O)N1C. The smallest absolute Gasteiger partial charge is 0.335 e. The van der Waals surface area contributed by atoms with Crippen LogP contribution in [0.2, 0.25) is 0 Å². The predicted octanol–water partition coefficient (Wildman–Crippen LogP) is 5.68. The Labute approximate surface area is 607 Å². The molecule has 0 radical (unpaired) electrons. The zero-order valence-corrected chi connectivity index (χ0v) is 65.4. The van der Waals surface area contributed by atoms with Gasteiger partial charge < -0.3 is 71.1 Å². The fraction of sp³-hybridized carbons (Fsp3) is 0.720. The number of carboxylic acid groups (broad SMARTS) is 1. The van der Waals surface area contributed by atoms with Crippen molar-refractivity contribution in [2.75, 3.05) is 55.9 Å². The average Bonchev–Trinajstić information content (AvgIpc) is 0.804. The summed E-state index contributed by atoms with van der Waals surface area (Å²) in [6.45, 7) is 32.4. The summed E-state index contributed by atoms with van der Waals surface area (Å²) in [6, 6.07) is -7.33. The first kappa shape index (κ1) is 90.1. The number of nitrogens with zero attached hydrogens (tertiary/aromatic N) is 7. The maximum atomic E-state index is 15.5. The second kappa shape index (κ2) is 42.0. The van der Waals surface area contributed by atoms with Gasteiger partial charge >= 0.3 is 5.97 Å². The van der Waals surface area contributed by atoms with E-state index in [9.17, 15) is 53.4 Å². The molecular weight excluding hydrogens is 1310 g/mol. The number of unbranched alkanes of at least 4 members (excludes halogenated alkanes) is 4. The van der Waals surface area contributed by atoms with Gasteiger partial charge in [0.25, 0.3) is 11.8 Å². The number of hydrogen-bond donors (Lipinski definition) is 7. The van der Waals surface area contributed by atoms with Crippen molar-refractivity contribution in [3.05, 3.63) is 47.7 Å². The van der Waals surface area contributed by atoms with Gasteiger partial charge in [-0.2, -0.15) is 0 Å². The molecule has 1 aromatic carbocycles. The van der Waals surface area contributed by atoms with Crippen molar-refractivity contribution in [1.82, 2.24) is 60.9 Å². The maximum Gasteiger partial charge on any atom is 0.335 e. The third-order valence-corrected chi connectivity index (χ3v) is 19.3. The van der Waals surface area contributed by atoms with Gasteiger partial charge in [0.15, 0.2) is 0 Å². The lowest BCUT2D eigenvalue weighted by molar-refractivity contribution is -0.157. The Bertz CT molecular complexity index is 3050. The maximum absolute atomic E-state index is 15.5. The number of rotatable bonds is 24. The highest BCUT2D eigenvalue weighted by Gasteiger charge is 2.46. The molecule has 0 spiro atoms. The first-order valence-electron chi connectivity index (χ1n) is 36.5. The number of aliphatic hydroxyl groups excluding tert-OH is 1. The highest BCUT2D eigenvalue weighted by molar-refractivity contribution is 6.03. The number of nitrogens with one attached hydrogen (secondary N) is 5. The van der Waals surface area contributed by atoms with E-state index >= 15 is 19.2 Å². The molecule has 2 rings (SSSR count). The van der Waals surface area contributed by atoms with Gasteiger partial charge in [-0.1, -0.05) is 129 Å². The van der Waals surface area contributed by atoms with Gasteiger partial charge in [-0.25, -0.2) is 4.79 Å². The summed E-state index contributed by atoms with van der Waals surface area (Å²) in [7, 11) is 9.71. The zero-order chi connectivity index (χ0) is 78.2. The molecule has 1 heterocycles. The molecule has 0 saturated carbocycles. The summed E-state index contributed by atoms with van der Waals surface area (Å²) in [6.07, 6.45) is 3.10. The first-order valence-corrected chi connectivity index (χ1v) is 36.5. The van der Waals surface area contributed by atoms with E-state index in [2.05, 4.69) is 33.2 Å². The minimum atomic E-state index is -1.70. The van der Waals surface area contributed by atoms with Crippen LogP contribution in [0.25, 0.3) is 0 Å². The van der Waals surface area contributed by atoms with E-state index in [0.717, 1.165) is 27.5 Å². The van der Waals surface area contributed by atoms with Crippen LogP contribution >= 0.6 is 0 Å². The second-order valence-corrected chi connectivity index (χ2v) is 30.4. The Hall–Kier alpha value is -7.97. The Morgan fingerprint density at radius 2 is 0.941 bits per heavy atom. The van der Waals surface area contributed by atoms with Crippen LogP contribution in [-0.2, 0) is 52.7 Å². The minimum absolute atomic E-state index is 0.0619. The van der Waals surface area contributed by atoms with E-state index in [-0.39, 0.29) is 72.9 Å². The molecule has 1 saturated heterocycles. The van der Waals surface area contributed by atoms with E-state index in [4.69, 9.17) is 0 Å². The van der Waals surface area contributed by atoms with Gasteiger partial charge in [-0.15, -0.1) is 0 Å². The Morgan fingerprint density at radius 1 is 0.480 bits per heavy atom. The minimum Gasteiger partial charge on any atom is -0.478 e. The molecule has 0 unspecified atom stereocenters. The van der Waals surface area contributed by atoms with Crippen LogP contribution in [0.4, 0.5) is 0 Å². The number of amides is 12. The van der Waals surface area contributed by atoms with Crippen LogP contribution in [0.1, 0.15) is 209 Å². The molecule has 0 aliphatic carbocycles. The monoisotopic (exact) mass is 1430 g/mol. The van der Waals surface area contributed by atoms with Crippen LogP contribution in [0.15, 0.2) is 36.5 Å². The Balaban J connectivity index is 2.89. The normalized spacial score (nSPS) is 24.2. The molecule has 0 bridgehead atoms. The van der Waals surface area contributed by atoms with E-state index in [0.29, 0.717) is 44.2 Å². The lowest BCUT2D eigenvalue weighted by Gasteiger charge is -2.41. The van der Waals surface area contributed by atoms with Gasteiger partial charge in [0.2, 0.25) is 59.1 Å². The lowest BCUT2D eigenvalue weighted by Crippen LogP contribution is -2.63. The molecule has 1 aromatic rings. The van der Waals surface area contributed by atoms with Crippen LogP contribution in [0, 0.1) is 41.4 Å². The number of carbonyl (C=O) groups excluding carboxylic acids is 12. The van der Waals surface area contributed by atoms with Gasteiger partial charge in [0.05, 0.1) is 11.7 Å². The summed E-state index contributed by atoms with van der Waals surface area (Å²) in [4.78, 5) is 195. The fourth-order valence-electron chi connectivity index (χ4n) is 12.7. The van der Waals surface area contributed by atoms with Gasteiger partial charge in [-0.3, -0.25) is 57.5 Å². The quantitative estimate of drug-likeness (QED) is 0.0484. The number of likely N-dealkylation sites (N-methyl/N-ethyl adjacent to an activating group) is 7. The summed E-state index contributed by atoms with van der Waals surface area (Å²) in [5, 5.41) is 35.6. The van der Waals surface area contributed by atoms with E-state index in [1.54, 1.807) is 41.5 Å². The van der Waals surface area contributed by atoms with E-state index < -0.39 is 155 Å². The van der Waals surface area contributed by atoms with Crippen LogP contribution in [-0.4, -0.2) is 244 Å². The van der Waals surface area contributed by atoms with Gasteiger partial charge in [0, 0.05) is 61.4 Å². The van der Waals surface area contributed by atoms with E-state index in [1.165, 1.54) is 107 Å².